The Kier molecular flexibility index (Phi) is 5.05. The molecule has 0 bridgehead atoms. The Labute approximate surface area is 91.8 Å². The number of ether oxygens (including phenoxy) is 1. The van der Waals surface area contributed by atoms with Gasteiger partial charge in [0.1, 0.15) is 6.61 Å². The summed E-state index contributed by atoms with van der Waals surface area (Å²) in [5, 5.41) is 6.09. The Morgan fingerprint density at radius 2 is 2.40 bits per heavy atom. The second-order valence-corrected chi connectivity index (χ2v) is 4.37. The van der Waals surface area contributed by atoms with E-state index in [1.807, 2.05) is 6.92 Å². The zero-order valence-corrected chi connectivity index (χ0v) is 9.77. The van der Waals surface area contributed by atoms with Crippen molar-refractivity contribution < 1.29 is 9.53 Å². The van der Waals surface area contributed by atoms with Crippen molar-refractivity contribution in [3.63, 3.8) is 0 Å². The molecule has 0 aromatic carbocycles. The lowest BCUT2D eigenvalue weighted by atomic mass is 9.96. The van der Waals surface area contributed by atoms with Gasteiger partial charge in [-0.2, -0.15) is 0 Å². The summed E-state index contributed by atoms with van der Waals surface area (Å²) in [6.07, 6.45) is 3.11. The number of rotatable bonds is 5. The zero-order valence-electron chi connectivity index (χ0n) is 9.77. The predicted molar refractivity (Wildman–Crippen MR) is 59.8 cm³/mol. The highest BCUT2D eigenvalue weighted by Crippen LogP contribution is 2.19. The molecular formula is C11H22N2O2. The van der Waals surface area contributed by atoms with Gasteiger partial charge in [0.2, 0.25) is 5.91 Å². The van der Waals surface area contributed by atoms with Gasteiger partial charge in [0.05, 0.1) is 5.60 Å². The van der Waals surface area contributed by atoms with Crippen molar-refractivity contribution in [1.82, 2.24) is 10.6 Å². The molecule has 1 saturated heterocycles. The molecule has 4 heteroatoms. The molecule has 2 N–H and O–H groups in total. The first-order chi connectivity index (χ1) is 7.16. The molecule has 88 valence electrons. The van der Waals surface area contributed by atoms with Crippen LogP contribution in [0.3, 0.4) is 0 Å². The molecule has 0 radical (unpaired) electrons. The van der Waals surface area contributed by atoms with Gasteiger partial charge >= 0.3 is 0 Å². The Morgan fingerprint density at radius 3 is 3.00 bits per heavy atom. The Hall–Kier alpha value is -0.610. The third-order valence-electron chi connectivity index (χ3n) is 2.68. The second kappa shape index (κ2) is 6.08. The van der Waals surface area contributed by atoms with Gasteiger partial charge in [-0.1, -0.05) is 6.92 Å². The van der Waals surface area contributed by atoms with Gasteiger partial charge in [-0.3, -0.25) is 4.79 Å². The minimum absolute atomic E-state index is 0.0105. The molecule has 1 rings (SSSR count). The van der Waals surface area contributed by atoms with Gasteiger partial charge in [-0.05, 0) is 32.7 Å². The van der Waals surface area contributed by atoms with Crippen molar-refractivity contribution in [2.75, 3.05) is 26.2 Å². The molecule has 1 unspecified atom stereocenters. The number of hydrogen-bond donors (Lipinski definition) is 2. The van der Waals surface area contributed by atoms with E-state index in [0.717, 1.165) is 38.9 Å². The van der Waals surface area contributed by atoms with Gasteiger partial charge in [-0.25, -0.2) is 0 Å². The molecule has 1 aliphatic rings. The van der Waals surface area contributed by atoms with E-state index in [4.69, 9.17) is 4.74 Å². The zero-order chi connectivity index (χ0) is 11.1. The van der Waals surface area contributed by atoms with Crippen LogP contribution in [0.2, 0.25) is 0 Å². The summed E-state index contributed by atoms with van der Waals surface area (Å²) in [4.78, 5) is 11.3. The number of hydrogen-bond acceptors (Lipinski definition) is 3. The first kappa shape index (κ1) is 12.5. The molecule has 1 aliphatic heterocycles. The number of amides is 1. The molecule has 15 heavy (non-hydrogen) atoms. The number of carbonyl (C=O) groups is 1. The standard InChI is InChI=1S/C11H22N2O2/c1-3-6-13-10(14)8-15-11(2)5-4-7-12-9-11/h12H,3-9H2,1-2H3,(H,13,14). The smallest absolute Gasteiger partial charge is 0.246 e. The minimum atomic E-state index is -0.165. The molecule has 1 atom stereocenters. The van der Waals surface area contributed by atoms with E-state index in [-0.39, 0.29) is 18.1 Å². The van der Waals surface area contributed by atoms with Crippen molar-refractivity contribution >= 4 is 5.91 Å². The van der Waals surface area contributed by atoms with Crippen LogP contribution in [0.4, 0.5) is 0 Å². The van der Waals surface area contributed by atoms with Crippen molar-refractivity contribution in [3.8, 4) is 0 Å². The topological polar surface area (TPSA) is 50.4 Å². The van der Waals surface area contributed by atoms with Gasteiger partial charge in [0.25, 0.3) is 0 Å². The maximum Gasteiger partial charge on any atom is 0.246 e. The van der Waals surface area contributed by atoms with Crippen LogP contribution in [-0.4, -0.2) is 37.7 Å². The molecule has 0 saturated carbocycles. The Morgan fingerprint density at radius 1 is 1.60 bits per heavy atom. The van der Waals surface area contributed by atoms with Gasteiger partial charge in [-0.15, -0.1) is 0 Å². The van der Waals surface area contributed by atoms with Gasteiger partial charge in [0, 0.05) is 13.1 Å². The average molecular weight is 214 g/mol. The van der Waals surface area contributed by atoms with Crippen LogP contribution >= 0.6 is 0 Å². The highest BCUT2D eigenvalue weighted by Gasteiger charge is 2.27. The summed E-state index contributed by atoms with van der Waals surface area (Å²) < 4.78 is 5.65. The fourth-order valence-corrected chi connectivity index (χ4v) is 1.71. The maximum atomic E-state index is 11.3. The monoisotopic (exact) mass is 214 g/mol. The largest absolute Gasteiger partial charge is 0.364 e. The molecule has 0 aromatic heterocycles. The molecule has 1 heterocycles. The summed E-state index contributed by atoms with van der Waals surface area (Å²) in [7, 11) is 0. The van der Waals surface area contributed by atoms with E-state index >= 15 is 0 Å². The van der Waals surface area contributed by atoms with Crippen LogP contribution in [0, 0.1) is 0 Å². The summed E-state index contributed by atoms with van der Waals surface area (Å²) >= 11 is 0. The lowest BCUT2D eigenvalue weighted by molar-refractivity contribution is -0.133. The SMILES string of the molecule is CCCNC(=O)COC1(C)CCCNC1. The lowest BCUT2D eigenvalue weighted by Crippen LogP contribution is -2.47. The van der Waals surface area contributed by atoms with Gasteiger partial charge < -0.3 is 15.4 Å². The van der Waals surface area contributed by atoms with Crippen LogP contribution in [0.5, 0.6) is 0 Å². The van der Waals surface area contributed by atoms with E-state index in [0.29, 0.717) is 0 Å². The molecule has 1 amide bonds. The number of piperidine rings is 1. The summed E-state index contributed by atoms with van der Waals surface area (Å²) in [5.41, 5.74) is -0.165. The maximum absolute atomic E-state index is 11.3. The molecule has 1 fully saturated rings. The minimum Gasteiger partial charge on any atom is -0.364 e. The number of nitrogens with one attached hydrogen (secondary N) is 2. The molecule has 0 aliphatic carbocycles. The van der Waals surface area contributed by atoms with Crippen molar-refractivity contribution in [1.29, 1.82) is 0 Å². The normalized spacial score (nSPS) is 26.3. The molecule has 0 aromatic rings. The first-order valence-electron chi connectivity index (χ1n) is 5.78. The molecule has 4 nitrogen and oxygen atoms in total. The first-order valence-corrected chi connectivity index (χ1v) is 5.78. The quantitative estimate of drug-likeness (QED) is 0.707. The highest BCUT2D eigenvalue weighted by atomic mass is 16.5. The fourth-order valence-electron chi connectivity index (χ4n) is 1.71. The predicted octanol–water partition coefficient (Wildman–Crippen LogP) is 0.671. The van der Waals surface area contributed by atoms with Crippen molar-refractivity contribution in [3.05, 3.63) is 0 Å². The highest BCUT2D eigenvalue weighted by molar-refractivity contribution is 5.77. The number of carbonyl (C=O) groups excluding carboxylic acids is 1. The third-order valence-corrected chi connectivity index (χ3v) is 2.68. The Bertz CT molecular complexity index is 201. The molecular weight excluding hydrogens is 192 g/mol. The summed E-state index contributed by atoms with van der Waals surface area (Å²) in [5.74, 6) is -0.0105. The summed E-state index contributed by atoms with van der Waals surface area (Å²) in [6.45, 7) is 6.91. The van der Waals surface area contributed by atoms with Crippen molar-refractivity contribution in [2.45, 2.75) is 38.7 Å². The Balaban J connectivity index is 2.19. The third kappa shape index (κ3) is 4.62. The fraction of sp³-hybridized carbons (Fsp3) is 0.909. The van der Waals surface area contributed by atoms with Crippen molar-refractivity contribution in [2.24, 2.45) is 0 Å². The van der Waals surface area contributed by atoms with Gasteiger partial charge in [0.15, 0.2) is 0 Å². The van der Waals surface area contributed by atoms with Crippen LogP contribution in [-0.2, 0) is 9.53 Å². The van der Waals surface area contributed by atoms with Crippen LogP contribution in [0.1, 0.15) is 33.1 Å². The second-order valence-electron chi connectivity index (χ2n) is 4.37. The average Bonchev–Trinajstić information content (AvgIpc) is 2.25. The summed E-state index contributed by atoms with van der Waals surface area (Å²) in [6, 6.07) is 0. The lowest BCUT2D eigenvalue weighted by Gasteiger charge is -2.33. The van der Waals surface area contributed by atoms with E-state index in [9.17, 15) is 4.79 Å². The molecule has 0 spiro atoms. The van der Waals surface area contributed by atoms with Crippen LogP contribution in [0.25, 0.3) is 0 Å². The van der Waals surface area contributed by atoms with Crippen LogP contribution in [0.15, 0.2) is 0 Å². The van der Waals surface area contributed by atoms with Crippen LogP contribution < -0.4 is 10.6 Å². The van der Waals surface area contributed by atoms with E-state index in [1.165, 1.54) is 0 Å². The van der Waals surface area contributed by atoms with E-state index in [2.05, 4.69) is 17.6 Å². The van der Waals surface area contributed by atoms with E-state index < -0.39 is 0 Å². The van der Waals surface area contributed by atoms with E-state index in [1.54, 1.807) is 0 Å².